The number of imidazole rings is 1. The fourth-order valence-corrected chi connectivity index (χ4v) is 5.10. The first-order valence-corrected chi connectivity index (χ1v) is 12.2. The predicted molar refractivity (Wildman–Crippen MR) is 132 cm³/mol. The maximum atomic E-state index is 8.08. The number of anilines is 1. The molecular formula is C26H34N6O2. The normalized spacial score (nSPS) is 20.6. The maximum absolute atomic E-state index is 8.08. The lowest BCUT2D eigenvalue weighted by atomic mass is 9.98. The summed E-state index contributed by atoms with van der Waals surface area (Å²) in [5.41, 5.74) is 10.9. The zero-order valence-electron chi connectivity index (χ0n) is 19.9. The SMILES string of the molecule is CC(C)(O)O.Nc1ncnc2c1ccn2C1CCC(CCc2ccn3c(C4CC4)cnc3c2)C1. The minimum atomic E-state index is -1.50. The Balaban J connectivity index is 0.000000439. The molecule has 0 saturated heterocycles. The van der Waals surface area contributed by atoms with Gasteiger partial charge in [-0.05, 0) is 88.5 Å². The smallest absolute Gasteiger partial charge is 0.156 e. The summed E-state index contributed by atoms with van der Waals surface area (Å²) < 4.78 is 4.58. The van der Waals surface area contributed by atoms with Gasteiger partial charge in [0.05, 0.1) is 5.39 Å². The summed E-state index contributed by atoms with van der Waals surface area (Å²) in [6, 6.07) is 7.12. The van der Waals surface area contributed by atoms with E-state index >= 15 is 0 Å². The van der Waals surface area contributed by atoms with Gasteiger partial charge < -0.3 is 24.9 Å². The summed E-state index contributed by atoms with van der Waals surface area (Å²) in [4.78, 5) is 13.2. The number of aryl methyl sites for hydroxylation is 1. The van der Waals surface area contributed by atoms with Crippen LogP contribution in [-0.4, -0.2) is 39.9 Å². The van der Waals surface area contributed by atoms with E-state index in [-0.39, 0.29) is 0 Å². The van der Waals surface area contributed by atoms with Gasteiger partial charge in [0, 0.05) is 36.2 Å². The zero-order chi connectivity index (χ0) is 23.9. The Kier molecular flexibility index (Phi) is 6.04. The van der Waals surface area contributed by atoms with E-state index < -0.39 is 5.79 Å². The molecule has 2 atom stereocenters. The highest BCUT2D eigenvalue weighted by atomic mass is 16.5. The molecule has 2 unspecified atom stereocenters. The molecule has 34 heavy (non-hydrogen) atoms. The largest absolute Gasteiger partial charge is 0.383 e. The third-order valence-corrected chi connectivity index (χ3v) is 6.89. The number of aliphatic hydroxyl groups is 2. The molecule has 4 aromatic heterocycles. The van der Waals surface area contributed by atoms with Crippen LogP contribution >= 0.6 is 0 Å². The standard InChI is InChI=1S/C23H26N6.C3H8O2/c24-22-19-8-10-28(23(19)27-14-26-22)18-6-3-15(11-18)1-2-16-7-9-29-20(17-4-5-17)13-25-21(29)12-16;1-3(2,4)5/h7-10,12-15,17-18H,1-6,11H2,(H2,24,26,27);4-5H,1-2H3. The van der Waals surface area contributed by atoms with Crippen molar-refractivity contribution < 1.29 is 10.2 Å². The number of hydrogen-bond donors (Lipinski definition) is 3. The molecule has 0 spiro atoms. The van der Waals surface area contributed by atoms with Gasteiger partial charge >= 0.3 is 0 Å². The third-order valence-electron chi connectivity index (χ3n) is 6.89. The van der Waals surface area contributed by atoms with E-state index in [9.17, 15) is 0 Å². The molecule has 2 fully saturated rings. The highest BCUT2D eigenvalue weighted by Crippen LogP contribution is 2.41. The van der Waals surface area contributed by atoms with Crippen LogP contribution in [0.1, 0.15) is 75.6 Å². The quantitative estimate of drug-likeness (QED) is 0.383. The van der Waals surface area contributed by atoms with Crippen molar-refractivity contribution in [3.63, 3.8) is 0 Å². The van der Waals surface area contributed by atoms with Crippen LogP contribution in [0.5, 0.6) is 0 Å². The van der Waals surface area contributed by atoms with E-state index in [2.05, 4.69) is 54.6 Å². The van der Waals surface area contributed by atoms with Crippen LogP contribution < -0.4 is 5.73 Å². The fourth-order valence-electron chi connectivity index (χ4n) is 5.10. The lowest BCUT2D eigenvalue weighted by Gasteiger charge is -2.14. The van der Waals surface area contributed by atoms with Crippen molar-refractivity contribution in [2.75, 3.05) is 5.73 Å². The van der Waals surface area contributed by atoms with E-state index in [1.165, 1.54) is 63.6 Å². The predicted octanol–water partition coefficient (Wildman–Crippen LogP) is 4.22. The number of pyridine rings is 1. The molecule has 0 aliphatic heterocycles. The number of rotatable bonds is 5. The molecule has 4 aromatic rings. The minimum Gasteiger partial charge on any atom is -0.383 e. The first-order chi connectivity index (χ1) is 16.3. The Morgan fingerprint density at radius 1 is 1.06 bits per heavy atom. The van der Waals surface area contributed by atoms with Crippen LogP contribution in [-0.2, 0) is 6.42 Å². The van der Waals surface area contributed by atoms with Crippen molar-refractivity contribution in [3.05, 3.63) is 54.4 Å². The molecule has 0 radical (unpaired) electrons. The van der Waals surface area contributed by atoms with Gasteiger partial charge in [0.25, 0.3) is 0 Å². The van der Waals surface area contributed by atoms with Gasteiger partial charge in [-0.25, -0.2) is 15.0 Å². The molecule has 180 valence electrons. The second kappa shape index (κ2) is 9.00. The van der Waals surface area contributed by atoms with Crippen LogP contribution in [0.4, 0.5) is 5.82 Å². The Labute approximate surface area is 199 Å². The third kappa shape index (κ3) is 5.08. The molecule has 8 heteroatoms. The van der Waals surface area contributed by atoms with Gasteiger partial charge in [-0.3, -0.25) is 0 Å². The van der Waals surface area contributed by atoms with Gasteiger partial charge in [0.15, 0.2) is 5.79 Å². The first kappa shape index (κ1) is 22.8. The highest BCUT2D eigenvalue weighted by Gasteiger charge is 2.28. The second-order valence-corrected chi connectivity index (χ2v) is 10.3. The van der Waals surface area contributed by atoms with Crippen molar-refractivity contribution in [1.29, 1.82) is 0 Å². The Hall–Kier alpha value is -2.97. The van der Waals surface area contributed by atoms with Gasteiger partial charge in [0.2, 0.25) is 0 Å². The molecular weight excluding hydrogens is 428 g/mol. The number of aromatic nitrogens is 5. The van der Waals surface area contributed by atoms with E-state index in [1.54, 1.807) is 6.33 Å². The summed E-state index contributed by atoms with van der Waals surface area (Å²) in [5.74, 6) is 0.564. The molecule has 8 nitrogen and oxygen atoms in total. The molecule has 2 aliphatic rings. The molecule has 0 aromatic carbocycles. The number of nitrogens with two attached hydrogens (primary N) is 1. The average Bonchev–Trinajstić information content (AvgIpc) is 3.19. The summed E-state index contributed by atoms with van der Waals surface area (Å²) in [7, 11) is 0. The van der Waals surface area contributed by atoms with Crippen LogP contribution in [0.15, 0.2) is 43.1 Å². The van der Waals surface area contributed by atoms with E-state index in [4.69, 9.17) is 15.9 Å². The van der Waals surface area contributed by atoms with Gasteiger partial charge in [-0.1, -0.05) is 0 Å². The van der Waals surface area contributed by atoms with Crippen LogP contribution in [0.2, 0.25) is 0 Å². The minimum absolute atomic E-state index is 0.516. The number of hydrogen-bond acceptors (Lipinski definition) is 6. The maximum Gasteiger partial charge on any atom is 0.156 e. The van der Waals surface area contributed by atoms with Crippen molar-refractivity contribution in [3.8, 4) is 0 Å². The molecule has 6 rings (SSSR count). The monoisotopic (exact) mass is 462 g/mol. The molecule has 0 amide bonds. The summed E-state index contributed by atoms with van der Waals surface area (Å²) >= 11 is 0. The number of fused-ring (bicyclic) bond motifs is 2. The van der Waals surface area contributed by atoms with Crippen molar-refractivity contribution in [2.24, 2.45) is 5.92 Å². The fraction of sp³-hybridized carbons (Fsp3) is 0.500. The molecule has 2 aliphatic carbocycles. The zero-order valence-corrected chi connectivity index (χ0v) is 19.9. The Morgan fingerprint density at radius 3 is 2.62 bits per heavy atom. The summed E-state index contributed by atoms with van der Waals surface area (Å²) in [6.45, 7) is 2.60. The van der Waals surface area contributed by atoms with Gasteiger partial charge in [-0.15, -0.1) is 0 Å². The highest BCUT2D eigenvalue weighted by molar-refractivity contribution is 5.86. The lowest BCUT2D eigenvalue weighted by molar-refractivity contribution is -0.127. The van der Waals surface area contributed by atoms with E-state index in [1.807, 2.05) is 6.07 Å². The molecule has 2 saturated carbocycles. The van der Waals surface area contributed by atoms with Crippen molar-refractivity contribution in [2.45, 2.75) is 76.5 Å². The average molecular weight is 463 g/mol. The second-order valence-electron chi connectivity index (χ2n) is 10.3. The molecule has 0 bridgehead atoms. The van der Waals surface area contributed by atoms with Gasteiger partial charge in [0.1, 0.15) is 23.4 Å². The summed E-state index contributed by atoms with van der Waals surface area (Å²) in [6.07, 6.45) is 16.7. The van der Waals surface area contributed by atoms with Crippen LogP contribution in [0, 0.1) is 5.92 Å². The molecule has 4 N–H and O–H groups in total. The Morgan fingerprint density at radius 2 is 1.85 bits per heavy atom. The van der Waals surface area contributed by atoms with Crippen LogP contribution in [0.3, 0.4) is 0 Å². The number of nitrogens with zero attached hydrogens (tertiary/aromatic N) is 5. The van der Waals surface area contributed by atoms with E-state index in [0.29, 0.717) is 11.9 Å². The van der Waals surface area contributed by atoms with Crippen molar-refractivity contribution >= 4 is 22.5 Å². The number of nitrogen functional groups attached to an aromatic ring is 1. The van der Waals surface area contributed by atoms with Crippen LogP contribution in [0.25, 0.3) is 16.7 Å². The summed E-state index contributed by atoms with van der Waals surface area (Å²) in [5, 5.41) is 17.1. The first-order valence-electron chi connectivity index (χ1n) is 12.2. The molecule has 4 heterocycles. The Bertz CT molecular complexity index is 1280. The van der Waals surface area contributed by atoms with Crippen molar-refractivity contribution in [1.82, 2.24) is 23.9 Å². The van der Waals surface area contributed by atoms with Gasteiger partial charge in [-0.2, -0.15) is 0 Å². The van der Waals surface area contributed by atoms with E-state index in [0.717, 1.165) is 34.9 Å². The lowest BCUT2D eigenvalue weighted by Crippen LogP contribution is -2.15. The topological polar surface area (TPSA) is 114 Å².